The topological polar surface area (TPSA) is 80.3 Å². The second kappa shape index (κ2) is 22.0. The molecule has 0 rings (SSSR count). The molecule has 0 atom stereocenters. The van der Waals surface area contributed by atoms with Gasteiger partial charge in [-0.1, -0.05) is 65.2 Å². The van der Waals surface area contributed by atoms with Gasteiger partial charge in [-0.25, -0.2) is 0 Å². The number of hydrogen-bond donors (Lipinski definition) is 0. The number of hydrogen-bond acceptors (Lipinski definition) is 4. The summed E-state index contributed by atoms with van der Waals surface area (Å²) in [6, 6.07) is 0. The molecule has 0 aliphatic rings. The molecule has 0 aliphatic heterocycles. The smallest absolute Gasteiger partial charge is 0.550 e. The second-order valence-corrected chi connectivity index (χ2v) is 5.07. The van der Waals surface area contributed by atoms with Crippen molar-refractivity contribution in [2.24, 2.45) is 0 Å². The normalized spacial score (nSPS) is 9.24. The first kappa shape index (κ1) is 25.6. The van der Waals surface area contributed by atoms with Gasteiger partial charge in [0.05, 0.1) is 0 Å². The van der Waals surface area contributed by atoms with E-state index in [-0.39, 0.29) is 35.9 Å². The van der Waals surface area contributed by atoms with Gasteiger partial charge in [-0.05, 0) is 25.7 Å². The molecule has 0 fully saturated rings. The van der Waals surface area contributed by atoms with Crippen molar-refractivity contribution < 1.29 is 19.8 Å². The van der Waals surface area contributed by atoms with E-state index in [0.717, 1.165) is 38.5 Å². The van der Waals surface area contributed by atoms with Gasteiger partial charge in [0.1, 0.15) is 0 Å². The third-order valence-corrected chi connectivity index (χ3v) is 2.97. The average Bonchev–Trinajstić information content (AvgIpc) is 2.38. The van der Waals surface area contributed by atoms with Gasteiger partial charge in [0.25, 0.3) is 0 Å². The van der Waals surface area contributed by atoms with Crippen LogP contribution in [0.15, 0.2) is 0 Å². The molecule has 0 amide bonds. The molecule has 0 aromatic heterocycles. The number of carboxylic acids is 2. The Morgan fingerprint density at radius 3 is 1.14 bits per heavy atom. The van der Waals surface area contributed by atoms with Gasteiger partial charge < -0.3 is 19.8 Å². The van der Waals surface area contributed by atoms with Crippen LogP contribution in [-0.4, -0.2) is 35.0 Å². The van der Waals surface area contributed by atoms with E-state index in [2.05, 4.69) is 13.8 Å². The molecule has 120 valence electrons. The zero-order chi connectivity index (χ0) is 15.6. The predicted molar refractivity (Wildman–Crippen MR) is 82.5 cm³/mol. The first-order valence-corrected chi connectivity index (χ1v) is 7.94. The van der Waals surface area contributed by atoms with Gasteiger partial charge in [0, 0.05) is 11.9 Å². The minimum Gasteiger partial charge on any atom is -0.550 e. The van der Waals surface area contributed by atoms with Crippen LogP contribution in [0.25, 0.3) is 0 Å². The molecule has 0 bridgehead atoms. The van der Waals surface area contributed by atoms with Crippen molar-refractivity contribution in [1.29, 1.82) is 0 Å². The number of aliphatic carboxylic acids is 2. The Morgan fingerprint density at radius 1 is 0.619 bits per heavy atom. The molecule has 0 N–H and O–H groups in total. The standard InChI is InChI=1S/2C8H16O2.Mg/c2*1-2-3-4-5-6-7-8(9)10;/h2*2-7H2,1H3,(H,9,10);/q;;+2/p-2. The molecule has 5 heteroatoms. The summed E-state index contributed by atoms with van der Waals surface area (Å²) in [5, 5.41) is 19.8. The molecule has 0 aromatic carbocycles. The Hall–Kier alpha value is -0.294. The van der Waals surface area contributed by atoms with E-state index >= 15 is 0 Å². The summed E-state index contributed by atoms with van der Waals surface area (Å²) in [6.07, 6.45) is 11.2. The zero-order valence-corrected chi connectivity index (χ0v) is 15.2. The molecule has 0 saturated heterocycles. The zero-order valence-electron chi connectivity index (χ0n) is 13.8. The third-order valence-electron chi connectivity index (χ3n) is 2.97. The first-order valence-electron chi connectivity index (χ1n) is 7.94. The molecular weight excluding hydrogens is 280 g/mol. The Bertz CT molecular complexity index is 208. The van der Waals surface area contributed by atoms with Crippen molar-refractivity contribution in [3.05, 3.63) is 0 Å². The Balaban J connectivity index is -0.000000295. The first-order chi connectivity index (χ1) is 9.54. The fourth-order valence-corrected chi connectivity index (χ4v) is 1.75. The van der Waals surface area contributed by atoms with Crippen LogP contribution >= 0.6 is 0 Å². The molecule has 0 heterocycles. The quantitative estimate of drug-likeness (QED) is 0.407. The summed E-state index contributed by atoms with van der Waals surface area (Å²) in [6.45, 7) is 4.28. The van der Waals surface area contributed by atoms with Crippen molar-refractivity contribution >= 4 is 35.0 Å². The minimum atomic E-state index is -0.920. The fraction of sp³-hybridized carbons (Fsp3) is 0.875. The predicted octanol–water partition coefficient (Wildman–Crippen LogP) is 1.81. The molecule has 0 aliphatic carbocycles. The number of carbonyl (C=O) groups excluding carboxylic acids is 2. The summed E-state index contributed by atoms with van der Waals surface area (Å²) in [5.74, 6) is -1.84. The summed E-state index contributed by atoms with van der Waals surface area (Å²) >= 11 is 0. The van der Waals surface area contributed by atoms with E-state index in [1.807, 2.05) is 0 Å². The Labute approximate surface area is 145 Å². The van der Waals surface area contributed by atoms with Gasteiger partial charge in [0.2, 0.25) is 0 Å². The van der Waals surface area contributed by atoms with Gasteiger partial charge in [-0.2, -0.15) is 0 Å². The maximum Gasteiger partial charge on any atom is 2.00 e. The summed E-state index contributed by atoms with van der Waals surface area (Å²) in [7, 11) is 0. The fourth-order valence-electron chi connectivity index (χ4n) is 1.75. The van der Waals surface area contributed by atoms with Gasteiger partial charge >= 0.3 is 23.1 Å². The molecule has 0 unspecified atom stereocenters. The molecule has 0 spiro atoms. The van der Waals surface area contributed by atoms with Crippen LogP contribution in [0.1, 0.15) is 90.9 Å². The SMILES string of the molecule is CCCCCCCC(=O)[O-].CCCCCCCC(=O)[O-].[Mg+2]. The summed E-state index contributed by atoms with van der Waals surface area (Å²) in [4.78, 5) is 19.8. The Kier molecular flexibility index (Phi) is 26.9. The van der Waals surface area contributed by atoms with E-state index < -0.39 is 11.9 Å². The molecular formula is C16H30MgO4. The van der Waals surface area contributed by atoms with Crippen LogP contribution in [0.3, 0.4) is 0 Å². The maximum atomic E-state index is 9.92. The molecule has 0 radical (unpaired) electrons. The van der Waals surface area contributed by atoms with Crippen molar-refractivity contribution in [2.45, 2.75) is 90.9 Å². The molecule has 0 saturated carbocycles. The molecule has 0 aromatic rings. The molecule has 21 heavy (non-hydrogen) atoms. The monoisotopic (exact) mass is 310 g/mol. The number of rotatable bonds is 12. The third kappa shape index (κ3) is 32.9. The molecule has 4 nitrogen and oxygen atoms in total. The summed E-state index contributed by atoms with van der Waals surface area (Å²) in [5.41, 5.74) is 0. The van der Waals surface area contributed by atoms with E-state index in [1.54, 1.807) is 0 Å². The van der Waals surface area contributed by atoms with E-state index in [1.165, 1.54) is 25.7 Å². The average molecular weight is 311 g/mol. The van der Waals surface area contributed by atoms with Gasteiger partial charge in [0.15, 0.2) is 0 Å². The van der Waals surface area contributed by atoms with Crippen LogP contribution in [0, 0.1) is 0 Å². The van der Waals surface area contributed by atoms with Crippen LogP contribution in [0.5, 0.6) is 0 Å². The van der Waals surface area contributed by atoms with Crippen LogP contribution in [0.2, 0.25) is 0 Å². The van der Waals surface area contributed by atoms with E-state index in [0.29, 0.717) is 0 Å². The van der Waals surface area contributed by atoms with Crippen molar-refractivity contribution in [3.63, 3.8) is 0 Å². The number of unbranched alkanes of at least 4 members (excludes halogenated alkanes) is 8. The second-order valence-electron chi connectivity index (χ2n) is 5.07. The van der Waals surface area contributed by atoms with Crippen LogP contribution in [-0.2, 0) is 9.59 Å². The maximum absolute atomic E-state index is 9.92. The van der Waals surface area contributed by atoms with Crippen molar-refractivity contribution in [1.82, 2.24) is 0 Å². The van der Waals surface area contributed by atoms with E-state index in [9.17, 15) is 19.8 Å². The van der Waals surface area contributed by atoms with Gasteiger partial charge in [-0.15, -0.1) is 0 Å². The van der Waals surface area contributed by atoms with Crippen LogP contribution < -0.4 is 10.2 Å². The van der Waals surface area contributed by atoms with E-state index in [4.69, 9.17) is 0 Å². The Morgan fingerprint density at radius 2 is 0.905 bits per heavy atom. The number of carboxylic acid groups (broad SMARTS) is 2. The van der Waals surface area contributed by atoms with Crippen molar-refractivity contribution in [3.8, 4) is 0 Å². The largest absolute Gasteiger partial charge is 2.00 e. The summed E-state index contributed by atoms with van der Waals surface area (Å²) < 4.78 is 0. The van der Waals surface area contributed by atoms with Crippen molar-refractivity contribution in [2.75, 3.05) is 0 Å². The van der Waals surface area contributed by atoms with Crippen LogP contribution in [0.4, 0.5) is 0 Å². The number of carbonyl (C=O) groups is 2. The van der Waals surface area contributed by atoms with Gasteiger partial charge in [-0.3, -0.25) is 0 Å². The minimum absolute atomic E-state index is 0.